The molecule has 0 bridgehead atoms. The zero-order valence-corrected chi connectivity index (χ0v) is 18.2. The van der Waals surface area contributed by atoms with Crippen molar-refractivity contribution in [2.24, 2.45) is 0 Å². The maximum Gasteiger partial charge on any atom is 0.253 e. The molecule has 0 aliphatic carbocycles. The minimum atomic E-state index is 0.128. The Balaban J connectivity index is 1.38. The lowest BCUT2D eigenvalue weighted by Gasteiger charge is -2.26. The fraction of sp³-hybridized carbons (Fsp3) is 0.292. The summed E-state index contributed by atoms with van der Waals surface area (Å²) in [6.45, 7) is 4.20. The third-order valence-electron chi connectivity index (χ3n) is 5.87. The number of nitrogens with one attached hydrogen (secondary N) is 1. The van der Waals surface area contributed by atoms with Crippen LogP contribution in [0.4, 0.5) is 5.82 Å². The highest BCUT2D eigenvalue weighted by Crippen LogP contribution is 2.28. The first-order valence-corrected chi connectivity index (χ1v) is 11.1. The molecule has 1 amide bonds. The smallest absolute Gasteiger partial charge is 0.253 e. The highest BCUT2D eigenvalue weighted by molar-refractivity contribution is 6.34. The van der Waals surface area contributed by atoms with Crippen LogP contribution in [0.15, 0.2) is 48.5 Å². The number of aromatic nitrogens is 3. The lowest BCUT2D eigenvalue weighted by Crippen LogP contribution is -2.35. The quantitative estimate of drug-likeness (QED) is 0.487. The summed E-state index contributed by atoms with van der Waals surface area (Å²) in [5.74, 6) is 0.890. The molecule has 1 aliphatic rings. The SMILES string of the molecule is Cc1nn2c(nc(NCc3ccc(C(=O)N4CCCCC4)cc3)c3ccccc32)c1Cl. The van der Waals surface area contributed by atoms with Crippen LogP contribution in [-0.2, 0) is 6.54 Å². The highest BCUT2D eigenvalue weighted by atomic mass is 35.5. The van der Waals surface area contributed by atoms with E-state index in [1.165, 1.54) is 6.42 Å². The van der Waals surface area contributed by atoms with Crippen molar-refractivity contribution in [3.05, 3.63) is 70.4 Å². The number of rotatable bonds is 4. The van der Waals surface area contributed by atoms with E-state index >= 15 is 0 Å². The lowest BCUT2D eigenvalue weighted by molar-refractivity contribution is 0.0724. The summed E-state index contributed by atoms with van der Waals surface area (Å²) in [7, 11) is 0. The first-order chi connectivity index (χ1) is 15.1. The van der Waals surface area contributed by atoms with Crippen molar-refractivity contribution in [1.82, 2.24) is 19.5 Å². The number of anilines is 1. The van der Waals surface area contributed by atoms with Crippen LogP contribution < -0.4 is 5.32 Å². The van der Waals surface area contributed by atoms with Crippen molar-refractivity contribution in [2.45, 2.75) is 32.7 Å². The van der Waals surface area contributed by atoms with E-state index < -0.39 is 0 Å². The lowest BCUT2D eigenvalue weighted by atomic mass is 10.1. The van der Waals surface area contributed by atoms with E-state index in [-0.39, 0.29) is 5.91 Å². The number of hydrogen-bond acceptors (Lipinski definition) is 4. The molecule has 1 N–H and O–H groups in total. The van der Waals surface area contributed by atoms with Crippen LogP contribution in [0.1, 0.15) is 40.9 Å². The van der Waals surface area contributed by atoms with Gasteiger partial charge in [-0.2, -0.15) is 5.10 Å². The molecule has 0 saturated carbocycles. The van der Waals surface area contributed by atoms with Crippen molar-refractivity contribution >= 4 is 39.9 Å². The maximum absolute atomic E-state index is 12.7. The highest BCUT2D eigenvalue weighted by Gasteiger charge is 2.18. The Labute approximate surface area is 185 Å². The third kappa shape index (κ3) is 3.72. The molecule has 3 heterocycles. The minimum absolute atomic E-state index is 0.128. The average Bonchev–Trinajstić information content (AvgIpc) is 3.11. The topological polar surface area (TPSA) is 62.5 Å². The second-order valence-corrected chi connectivity index (χ2v) is 8.39. The van der Waals surface area contributed by atoms with Crippen LogP contribution in [0.3, 0.4) is 0 Å². The first-order valence-electron chi connectivity index (χ1n) is 10.7. The number of piperidine rings is 1. The number of carbonyl (C=O) groups is 1. The van der Waals surface area contributed by atoms with Gasteiger partial charge in [0.25, 0.3) is 5.91 Å². The van der Waals surface area contributed by atoms with Gasteiger partial charge in [0.1, 0.15) is 10.8 Å². The van der Waals surface area contributed by atoms with E-state index in [9.17, 15) is 4.79 Å². The van der Waals surface area contributed by atoms with Gasteiger partial charge in [-0.25, -0.2) is 9.50 Å². The summed E-state index contributed by atoms with van der Waals surface area (Å²) in [4.78, 5) is 19.4. The summed E-state index contributed by atoms with van der Waals surface area (Å²) in [5, 5.41) is 9.50. The number of benzene rings is 2. The normalized spacial score (nSPS) is 14.3. The minimum Gasteiger partial charge on any atom is -0.365 e. The number of amides is 1. The van der Waals surface area contributed by atoms with Crippen molar-refractivity contribution < 1.29 is 4.79 Å². The van der Waals surface area contributed by atoms with E-state index in [2.05, 4.69) is 10.4 Å². The van der Waals surface area contributed by atoms with Crippen molar-refractivity contribution in [3.8, 4) is 0 Å². The summed E-state index contributed by atoms with van der Waals surface area (Å²) in [6.07, 6.45) is 3.41. The number of hydrogen-bond donors (Lipinski definition) is 1. The van der Waals surface area contributed by atoms with Gasteiger partial charge in [-0.05, 0) is 56.0 Å². The Kier molecular flexibility index (Phi) is 5.24. The molecule has 0 atom stereocenters. The van der Waals surface area contributed by atoms with Crippen LogP contribution >= 0.6 is 11.6 Å². The van der Waals surface area contributed by atoms with E-state index in [0.717, 1.165) is 59.5 Å². The molecule has 5 rings (SSSR count). The molecule has 4 aromatic rings. The average molecular weight is 434 g/mol. The number of halogens is 1. The Bertz CT molecular complexity index is 1260. The molecular weight excluding hydrogens is 410 g/mol. The molecule has 6 nitrogen and oxygen atoms in total. The predicted octanol–water partition coefficient (Wildman–Crippen LogP) is 5.08. The van der Waals surface area contributed by atoms with Gasteiger partial charge in [-0.3, -0.25) is 4.79 Å². The molecule has 1 saturated heterocycles. The number of carbonyl (C=O) groups excluding carboxylic acids is 1. The molecule has 31 heavy (non-hydrogen) atoms. The van der Waals surface area contributed by atoms with E-state index in [4.69, 9.17) is 16.6 Å². The van der Waals surface area contributed by atoms with Crippen molar-refractivity contribution in [3.63, 3.8) is 0 Å². The maximum atomic E-state index is 12.7. The van der Waals surface area contributed by atoms with E-state index in [1.54, 1.807) is 4.52 Å². The van der Waals surface area contributed by atoms with Gasteiger partial charge in [-0.1, -0.05) is 35.9 Å². The van der Waals surface area contributed by atoms with E-state index in [1.807, 2.05) is 60.4 Å². The number of likely N-dealkylation sites (tertiary alicyclic amines) is 1. The zero-order valence-electron chi connectivity index (χ0n) is 17.4. The number of aryl methyl sites for hydroxylation is 1. The van der Waals surface area contributed by atoms with Gasteiger partial charge in [-0.15, -0.1) is 0 Å². The molecule has 0 spiro atoms. The standard InChI is InChI=1S/C24H24ClN5O/c1-16-21(25)23-27-22(19-7-3-4-8-20(19)30(23)28-16)26-15-17-9-11-18(12-10-17)24(31)29-13-5-2-6-14-29/h3-4,7-12H,2,5-6,13-15H2,1H3,(H,26,27). The second kappa shape index (κ2) is 8.19. The Morgan fingerprint density at radius 2 is 1.81 bits per heavy atom. The summed E-state index contributed by atoms with van der Waals surface area (Å²) in [5.41, 5.74) is 4.18. The Morgan fingerprint density at radius 1 is 1.06 bits per heavy atom. The molecule has 1 aliphatic heterocycles. The molecule has 2 aromatic carbocycles. The zero-order chi connectivity index (χ0) is 21.4. The van der Waals surface area contributed by atoms with Gasteiger partial charge in [0.05, 0.1) is 11.2 Å². The third-order valence-corrected chi connectivity index (χ3v) is 6.32. The monoisotopic (exact) mass is 433 g/mol. The number of para-hydroxylation sites is 1. The van der Waals surface area contributed by atoms with Crippen molar-refractivity contribution in [2.75, 3.05) is 18.4 Å². The molecule has 7 heteroatoms. The number of fused-ring (bicyclic) bond motifs is 3. The summed E-state index contributed by atoms with van der Waals surface area (Å²) in [6, 6.07) is 15.8. The van der Waals surface area contributed by atoms with Crippen LogP contribution in [0, 0.1) is 6.92 Å². The van der Waals surface area contributed by atoms with Gasteiger partial charge in [0, 0.05) is 30.6 Å². The molecule has 0 radical (unpaired) electrons. The Morgan fingerprint density at radius 3 is 2.58 bits per heavy atom. The van der Waals surface area contributed by atoms with Gasteiger partial charge in [0.2, 0.25) is 0 Å². The largest absolute Gasteiger partial charge is 0.365 e. The van der Waals surface area contributed by atoms with Crippen LogP contribution in [0.2, 0.25) is 5.02 Å². The summed E-state index contributed by atoms with van der Waals surface area (Å²) < 4.78 is 1.79. The molecule has 1 fully saturated rings. The van der Waals surface area contributed by atoms with Gasteiger partial charge < -0.3 is 10.2 Å². The second-order valence-electron chi connectivity index (χ2n) is 8.02. The molecular formula is C24H24ClN5O. The van der Waals surface area contributed by atoms with Crippen LogP contribution in [-0.4, -0.2) is 38.5 Å². The molecule has 0 unspecified atom stereocenters. The Hall–Kier alpha value is -3.12. The van der Waals surface area contributed by atoms with Crippen LogP contribution in [0.5, 0.6) is 0 Å². The van der Waals surface area contributed by atoms with Crippen molar-refractivity contribution in [1.29, 1.82) is 0 Å². The van der Waals surface area contributed by atoms with E-state index in [0.29, 0.717) is 17.2 Å². The predicted molar refractivity (Wildman–Crippen MR) is 124 cm³/mol. The van der Waals surface area contributed by atoms with Crippen LogP contribution in [0.25, 0.3) is 16.6 Å². The number of nitrogens with zero attached hydrogens (tertiary/aromatic N) is 4. The first kappa shape index (κ1) is 19.8. The molecule has 158 valence electrons. The molecule has 2 aromatic heterocycles. The fourth-order valence-corrected chi connectivity index (χ4v) is 4.31. The van der Waals surface area contributed by atoms with Gasteiger partial charge >= 0.3 is 0 Å². The summed E-state index contributed by atoms with van der Waals surface area (Å²) >= 11 is 6.43. The fourth-order valence-electron chi connectivity index (χ4n) is 4.15. The van der Waals surface area contributed by atoms with Gasteiger partial charge in [0.15, 0.2) is 5.65 Å².